The summed E-state index contributed by atoms with van der Waals surface area (Å²) in [5, 5.41) is 1.61. The predicted octanol–water partition coefficient (Wildman–Crippen LogP) is 3.89. The van der Waals surface area contributed by atoms with Crippen LogP contribution in [0.4, 0.5) is 15.8 Å². The van der Waals surface area contributed by atoms with Gasteiger partial charge in [-0.25, -0.2) is 14.4 Å². The van der Waals surface area contributed by atoms with Crippen molar-refractivity contribution >= 4 is 23.2 Å². The molecule has 33 heavy (non-hydrogen) atoms. The number of carbonyl (C=O) groups excluding carboxylic acids is 2. The van der Waals surface area contributed by atoms with Gasteiger partial charge < -0.3 is 9.47 Å². The summed E-state index contributed by atoms with van der Waals surface area (Å²) in [6, 6.07) is 19.3. The van der Waals surface area contributed by atoms with E-state index in [4.69, 9.17) is 14.3 Å². The molecule has 0 radical (unpaired) electrons. The van der Waals surface area contributed by atoms with Crippen LogP contribution in [-0.4, -0.2) is 32.1 Å². The lowest BCUT2D eigenvalue weighted by molar-refractivity contribution is -0.126. The molecule has 168 valence electrons. The van der Waals surface area contributed by atoms with Crippen LogP contribution < -0.4 is 19.4 Å². The molecule has 2 amide bonds. The van der Waals surface area contributed by atoms with Crippen LogP contribution in [0.1, 0.15) is 11.6 Å². The van der Waals surface area contributed by atoms with E-state index in [2.05, 4.69) is 0 Å². The molecule has 2 aliphatic rings. The second kappa shape index (κ2) is 8.22. The molecule has 0 aromatic heterocycles. The summed E-state index contributed by atoms with van der Waals surface area (Å²) in [6.45, 7) is 0. The molecule has 3 aromatic carbocycles. The smallest absolute Gasteiger partial charge is 0.266 e. The Morgan fingerprint density at radius 2 is 1.52 bits per heavy atom. The van der Waals surface area contributed by atoms with Gasteiger partial charge in [0.25, 0.3) is 5.91 Å². The second-order valence-electron chi connectivity index (χ2n) is 7.76. The predicted molar refractivity (Wildman–Crippen MR) is 118 cm³/mol. The molecule has 0 bridgehead atoms. The van der Waals surface area contributed by atoms with Crippen LogP contribution in [0.2, 0.25) is 0 Å². The molecule has 2 saturated heterocycles. The van der Waals surface area contributed by atoms with Gasteiger partial charge in [0, 0.05) is 0 Å². The molecule has 2 heterocycles. The van der Waals surface area contributed by atoms with E-state index in [1.165, 1.54) is 31.4 Å². The van der Waals surface area contributed by atoms with Gasteiger partial charge in [-0.2, -0.15) is 0 Å². The Morgan fingerprint density at radius 1 is 0.818 bits per heavy atom. The van der Waals surface area contributed by atoms with Crippen LogP contribution in [-0.2, 0) is 14.4 Å². The summed E-state index contributed by atoms with van der Waals surface area (Å²) >= 11 is 0. The lowest BCUT2D eigenvalue weighted by Crippen LogP contribution is -2.37. The Bertz CT molecular complexity index is 1200. The first-order valence-corrected chi connectivity index (χ1v) is 10.4. The fourth-order valence-corrected chi connectivity index (χ4v) is 4.43. The van der Waals surface area contributed by atoms with Gasteiger partial charge in [-0.3, -0.25) is 14.4 Å². The highest BCUT2D eigenvalue weighted by Gasteiger charge is 2.60. The molecule has 0 unspecified atom stereocenters. The molecule has 5 rings (SSSR count). The molecular weight excluding hydrogens is 427 g/mol. The zero-order valence-electron chi connectivity index (χ0n) is 18.0. The number of benzene rings is 3. The van der Waals surface area contributed by atoms with E-state index >= 15 is 0 Å². The third kappa shape index (κ3) is 3.39. The summed E-state index contributed by atoms with van der Waals surface area (Å²) < 4.78 is 24.2. The van der Waals surface area contributed by atoms with E-state index in [1.807, 2.05) is 36.4 Å². The summed E-state index contributed by atoms with van der Waals surface area (Å²) in [5.74, 6) is -1.10. The highest BCUT2D eigenvalue weighted by molar-refractivity contribution is 6.23. The number of fused-ring (bicyclic) bond motifs is 1. The minimum absolute atomic E-state index is 0.307. The second-order valence-corrected chi connectivity index (χ2v) is 7.76. The number of anilines is 2. The third-order valence-corrected chi connectivity index (χ3v) is 5.96. The van der Waals surface area contributed by atoms with Crippen LogP contribution in [0, 0.1) is 11.7 Å². The van der Waals surface area contributed by atoms with Crippen molar-refractivity contribution in [3.63, 3.8) is 0 Å². The van der Waals surface area contributed by atoms with Crippen molar-refractivity contribution in [3.8, 4) is 11.5 Å². The summed E-state index contributed by atoms with van der Waals surface area (Å²) in [4.78, 5) is 34.0. The molecule has 0 spiro atoms. The summed E-state index contributed by atoms with van der Waals surface area (Å²) in [7, 11) is 3.08. The monoisotopic (exact) mass is 448 g/mol. The minimum Gasteiger partial charge on any atom is -0.493 e. The standard InChI is InChI=1S/C25H21FN2O5/c1-31-19-13-8-15(14-20(19)32-2)22-21-23(33-28(22)18-6-4-3-5-7-18)25(30)27(24(21)29)17-11-9-16(26)10-12-17/h3-14,21-23H,1-2H3/t21-,22-,23-/m1/s1. The Kier molecular flexibility index (Phi) is 5.22. The zero-order chi connectivity index (χ0) is 23.1. The molecule has 3 atom stereocenters. The largest absolute Gasteiger partial charge is 0.493 e. The SMILES string of the molecule is COc1ccc([C@@H]2[C@H]3C(=O)N(c4ccc(F)cc4)C(=O)[C@@H]3ON2c2ccccc2)cc1OC. The third-order valence-electron chi connectivity index (χ3n) is 5.96. The van der Waals surface area contributed by atoms with Crippen molar-refractivity contribution in [2.24, 2.45) is 5.92 Å². The van der Waals surface area contributed by atoms with Gasteiger partial charge in [-0.05, 0) is 54.1 Å². The first kappa shape index (κ1) is 21.0. The van der Waals surface area contributed by atoms with Crippen molar-refractivity contribution < 1.29 is 28.3 Å². The summed E-state index contributed by atoms with van der Waals surface area (Å²) in [5.41, 5.74) is 1.74. The number of para-hydroxylation sites is 1. The van der Waals surface area contributed by atoms with E-state index in [0.29, 0.717) is 22.9 Å². The quantitative estimate of drug-likeness (QED) is 0.552. The highest BCUT2D eigenvalue weighted by Crippen LogP contribution is 2.48. The number of carbonyl (C=O) groups is 2. The molecule has 0 saturated carbocycles. The van der Waals surface area contributed by atoms with Gasteiger partial charge in [0.15, 0.2) is 17.6 Å². The maximum atomic E-state index is 13.6. The van der Waals surface area contributed by atoms with Crippen LogP contribution in [0.5, 0.6) is 11.5 Å². The first-order chi connectivity index (χ1) is 16.0. The van der Waals surface area contributed by atoms with Gasteiger partial charge >= 0.3 is 0 Å². The van der Waals surface area contributed by atoms with Crippen molar-refractivity contribution in [1.82, 2.24) is 0 Å². The van der Waals surface area contributed by atoms with Crippen LogP contribution in [0.25, 0.3) is 0 Å². The molecule has 7 nitrogen and oxygen atoms in total. The Morgan fingerprint density at radius 3 is 2.18 bits per heavy atom. The Labute approximate surface area is 189 Å². The van der Waals surface area contributed by atoms with E-state index in [1.54, 1.807) is 24.3 Å². The molecule has 2 fully saturated rings. The Hall–Kier alpha value is -3.91. The molecule has 0 N–H and O–H groups in total. The first-order valence-electron chi connectivity index (χ1n) is 10.4. The normalized spacial score (nSPS) is 22.0. The topological polar surface area (TPSA) is 68.3 Å². The maximum absolute atomic E-state index is 13.6. The maximum Gasteiger partial charge on any atom is 0.266 e. The highest BCUT2D eigenvalue weighted by atomic mass is 19.1. The van der Waals surface area contributed by atoms with Crippen LogP contribution in [0.15, 0.2) is 72.8 Å². The number of amides is 2. The van der Waals surface area contributed by atoms with Gasteiger partial charge in [-0.15, -0.1) is 0 Å². The molecular formula is C25H21FN2O5. The number of methoxy groups -OCH3 is 2. The van der Waals surface area contributed by atoms with Crippen molar-refractivity contribution in [3.05, 3.63) is 84.2 Å². The number of halogens is 1. The van der Waals surface area contributed by atoms with Gasteiger partial charge in [0.05, 0.1) is 31.6 Å². The average Bonchev–Trinajstić information content (AvgIpc) is 3.36. The fourth-order valence-electron chi connectivity index (χ4n) is 4.43. The number of ether oxygens (including phenoxy) is 2. The molecule has 2 aliphatic heterocycles. The Balaban J connectivity index is 1.60. The molecule has 8 heteroatoms. The molecule has 0 aliphatic carbocycles. The van der Waals surface area contributed by atoms with E-state index < -0.39 is 35.7 Å². The van der Waals surface area contributed by atoms with E-state index in [9.17, 15) is 14.0 Å². The van der Waals surface area contributed by atoms with Gasteiger partial charge in [0.1, 0.15) is 11.7 Å². The molecule has 3 aromatic rings. The summed E-state index contributed by atoms with van der Waals surface area (Å²) in [6.07, 6.45) is -1.01. The van der Waals surface area contributed by atoms with Gasteiger partial charge in [0.2, 0.25) is 5.91 Å². The number of rotatable bonds is 5. The number of hydrogen-bond donors (Lipinski definition) is 0. The average molecular weight is 448 g/mol. The van der Waals surface area contributed by atoms with Crippen LogP contribution in [0.3, 0.4) is 0 Å². The van der Waals surface area contributed by atoms with Gasteiger partial charge in [-0.1, -0.05) is 24.3 Å². The lowest BCUT2D eigenvalue weighted by Gasteiger charge is -2.29. The van der Waals surface area contributed by atoms with E-state index in [0.717, 1.165) is 10.5 Å². The number of nitrogens with zero attached hydrogens (tertiary/aromatic N) is 2. The van der Waals surface area contributed by atoms with Crippen molar-refractivity contribution in [2.45, 2.75) is 12.1 Å². The fraction of sp³-hybridized carbons (Fsp3) is 0.200. The zero-order valence-corrected chi connectivity index (χ0v) is 18.0. The number of imide groups is 1. The lowest BCUT2D eigenvalue weighted by atomic mass is 9.90. The minimum atomic E-state index is -1.01. The number of hydroxylamine groups is 1. The van der Waals surface area contributed by atoms with E-state index in [-0.39, 0.29) is 0 Å². The van der Waals surface area contributed by atoms with Crippen molar-refractivity contribution in [2.75, 3.05) is 24.2 Å². The number of hydrogen-bond acceptors (Lipinski definition) is 6. The van der Waals surface area contributed by atoms with Crippen molar-refractivity contribution in [1.29, 1.82) is 0 Å². The van der Waals surface area contributed by atoms with Crippen LogP contribution >= 0.6 is 0 Å².